The van der Waals surface area contributed by atoms with E-state index in [-0.39, 0.29) is 0 Å². The van der Waals surface area contributed by atoms with Gasteiger partial charge in [0.05, 0.1) is 23.7 Å². The van der Waals surface area contributed by atoms with Gasteiger partial charge in [0.15, 0.2) is 0 Å². The van der Waals surface area contributed by atoms with E-state index >= 15 is 0 Å². The third-order valence-corrected chi connectivity index (χ3v) is 3.43. The summed E-state index contributed by atoms with van der Waals surface area (Å²) in [6.45, 7) is 8.59. The van der Waals surface area contributed by atoms with Gasteiger partial charge >= 0.3 is 0 Å². The highest BCUT2D eigenvalue weighted by atomic mass is 16.3. The highest BCUT2D eigenvalue weighted by Gasteiger charge is 2.09. The Balaban J connectivity index is 2.71. The van der Waals surface area contributed by atoms with Crippen LogP contribution in [0.15, 0.2) is 18.3 Å². The van der Waals surface area contributed by atoms with Crippen LogP contribution in [0.3, 0.4) is 0 Å². The fraction of sp³-hybridized carbons (Fsp3) is 0.688. The first-order chi connectivity index (χ1) is 9.22. The maximum Gasteiger partial charge on any atom is 0.0957 e. The van der Waals surface area contributed by atoms with Crippen molar-refractivity contribution < 1.29 is 5.11 Å². The summed E-state index contributed by atoms with van der Waals surface area (Å²) < 4.78 is 0. The molecule has 0 saturated heterocycles. The number of rotatable bonds is 9. The molecule has 1 rings (SSSR count). The summed E-state index contributed by atoms with van der Waals surface area (Å²) in [5.74, 6) is 0. The standard InChI is InChI=1S/C16H28N2O/c1-4-7-11-18(12-8-5-2)14-9-10-15(17-13-14)16(19)6-3/h9-10,13,16,19H,4-8,11-12H2,1-3H3/t16-/m1/s1. The van der Waals surface area contributed by atoms with Crippen molar-refractivity contribution in [3.63, 3.8) is 0 Å². The first kappa shape index (κ1) is 16.0. The van der Waals surface area contributed by atoms with Crippen LogP contribution in [0.5, 0.6) is 0 Å². The lowest BCUT2D eigenvalue weighted by Crippen LogP contribution is -2.25. The largest absolute Gasteiger partial charge is 0.387 e. The van der Waals surface area contributed by atoms with Gasteiger partial charge in [0.25, 0.3) is 0 Å². The van der Waals surface area contributed by atoms with Gasteiger partial charge in [-0.2, -0.15) is 0 Å². The lowest BCUT2D eigenvalue weighted by molar-refractivity contribution is 0.169. The maximum absolute atomic E-state index is 9.77. The molecule has 0 amide bonds. The Kier molecular flexibility index (Phi) is 7.49. The van der Waals surface area contributed by atoms with Gasteiger partial charge in [0.2, 0.25) is 0 Å². The number of aliphatic hydroxyl groups is 1. The van der Waals surface area contributed by atoms with Crippen LogP contribution in [0.4, 0.5) is 5.69 Å². The van der Waals surface area contributed by atoms with Gasteiger partial charge in [0, 0.05) is 13.1 Å². The second kappa shape index (κ2) is 8.92. The van der Waals surface area contributed by atoms with Crippen molar-refractivity contribution in [3.05, 3.63) is 24.0 Å². The summed E-state index contributed by atoms with van der Waals surface area (Å²) in [6.07, 6.45) is 7.02. The number of unbranched alkanes of at least 4 members (excludes halogenated alkanes) is 2. The fourth-order valence-corrected chi connectivity index (χ4v) is 2.06. The summed E-state index contributed by atoms with van der Waals surface area (Å²) in [7, 11) is 0. The molecule has 1 heterocycles. The van der Waals surface area contributed by atoms with Crippen molar-refractivity contribution in [2.75, 3.05) is 18.0 Å². The van der Waals surface area contributed by atoms with Gasteiger partial charge in [-0.3, -0.25) is 4.98 Å². The molecule has 3 heteroatoms. The van der Waals surface area contributed by atoms with E-state index < -0.39 is 6.10 Å². The molecular weight excluding hydrogens is 236 g/mol. The molecule has 0 aromatic carbocycles. The SMILES string of the molecule is CCCCN(CCCC)c1ccc([C@H](O)CC)nc1. The van der Waals surface area contributed by atoms with E-state index in [0.29, 0.717) is 6.42 Å². The molecule has 0 aliphatic rings. The van der Waals surface area contributed by atoms with E-state index in [0.717, 1.165) is 18.8 Å². The van der Waals surface area contributed by atoms with Crippen LogP contribution < -0.4 is 4.90 Å². The monoisotopic (exact) mass is 264 g/mol. The Morgan fingerprint density at radius 3 is 2.16 bits per heavy atom. The summed E-state index contributed by atoms with van der Waals surface area (Å²) in [5, 5.41) is 9.77. The summed E-state index contributed by atoms with van der Waals surface area (Å²) in [6, 6.07) is 4.04. The molecule has 3 nitrogen and oxygen atoms in total. The Morgan fingerprint density at radius 1 is 1.11 bits per heavy atom. The lowest BCUT2D eigenvalue weighted by Gasteiger charge is -2.24. The second-order valence-corrected chi connectivity index (χ2v) is 5.06. The van der Waals surface area contributed by atoms with E-state index in [1.165, 1.54) is 31.4 Å². The molecule has 0 radical (unpaired) electrons. The van der Waals surface area contributed by atoms with Crippen LogP contribution in [0.1, 0.15) is 64.7 Å². The average molecular weight is 264 g/mol. The van der Waals surface area contributed by atoms with Crippen LogP contribution in [0, 0.1) is 0 Å². The maximum atomic E-state index is 9.77. The highest BCUT2D eigenvalue weighted by molar-refractivity contribution is 5.44. The van der Waals surface area contributed by atoms with Gasteiger partial charge in [-0.25, -0.2) is 0 Å². The predicted octanol–water partition coefficient (Wildman–Crippen LogP) is 3.93. The fourth-order valence-electron chi connectivity index (χ4n) is 2.06. The topological polar surface area (TPSA) is 36.4 Å². The Bertz CT molecular complexity index is 329. The van der Waals surface area contributed by atoms with Gasteiger partial charge in [0.1, 0.15) is 0 Å². The minimum Gasteiger partial charge on any atom is -0.387 e. The molecule has 0 spiro atoms. The molecule has 0 aliphatic heterocycles. The first-order valence-electron chi connectivity index (χ1n) is 7.61. The zero-order chi connectivity index (χ0) is 14.1. The van der Waals surface area contributed by atoms with Crippen molar-refractivity contribution in [1.82, 2.24) is 4.98 Å². The van der Waals surface area contributed by atoms with E-state index in [1.54, 1.807) is 0 Å². The molecule has 108 valence electrons. The Labute approximate surface area is 117 Å². The van der Waals surface area contributed by atoms with Crippen molar-refractivity contribution >= 4 is 5.69 Å². The molecule has 19 heavy (non-hydrogen) atoms. The molecule has 1 aromatic rings. The van der Waals surface area contributed by atoms with E-state index in [9.17, 15) is 5.11 Å². The van der Waals surface area contributed by atoms with Crippen molar-refractivity contribution in [1.29, 1.82) is 0 Å². The zero-order valence-corrected chi connectivity index (χ0v) is 12.6. The molecule has 1 atom stereocenters. The van der Waals surface area contributed by atoms with Crippen LogP contribution in [-0.2, 0) is 0 Å². The number of anilines is 1. The van der Waals surface area contributed by atoms with Gasteiger partial charge in [-0.1, -0.05) is 33.6 Å². The second-order valence-electron chi connectivity index (χ2n) is 5.06. The molecule has 1 aromatic heterocycles. The van der Waals surface area contributed by atoms with Crippen LogP contribution in [-0.4, -0.2) is 23.2 Å². The number of aromatic nitrogens is 1. The normalized spacial score (nSPS) is 12.4. The predicted molar refractivity (Wildman–Crippen MR) is 81.5 cm³/mol. The van der Waals surface area contributed by atoms with Gasteiger partial charge in [-0.05, 0) is 31.4 Å². The number of hydrogen-bond donors (Lipinski definition) is 1. The Hall–Kier alpha value is -1.09. The smallest absolute Gasteiger partial charge is 0.0957 e. The molecule has 0 unspecified atom stereocenters. The first-order valence-corrected chi connectivity index (χ1v) is 7.61. The van der Waals surface area contributed by atoms with Crippen LogP contribution in [0.25, 0.3) is 0 Å². The number of pyridine rings is 1. The average Bonchev–Trinajstić information content (AvgIpc) is 2.47. The molecule has 1 N–H and O–H groups in total. The minimum absolute atomic E-state index is 0.436. The molecule has 0 aliphatic carbocycles. The highest BCUT2D eigenvalue weighted by Crippen LogP contribution is 2.19. The quantitative estimate of drug-likeness (QED) is 0.734. The molecule has 0 saturated carbocycles. The number of aliphatic hydroxyl groups excluding tert-OH is 1. The van der Waals surface area contributed by atoms with Crippen LogP contribution in [0.2, 0.25) is 0 Å². The number of hydrogen-bond acceptors (Lipinski definition) is 3. The number of nitrogens with zero attached hydrogens (tertiary/aromatic N) is 2. The van der Waals surface area contributed by atoms with Crippen molar-refractivity contribution in [2.24, 2.45) is 0 Å². The third kappa shape index (κ3) is 5.19. The molecular formula is C16H28N2O. The van der Waals surface area contributed by atoms with E-state index in [2.05, 4.69) is 29.8 Å². The van der Waals surface area contributed by atoms with Crippen LogP contribution >= 0.6 is 0 Å². The summed E-state index contributed by atoms with van der Waals surface area (Å²) >= 11 is 0. The summed E-state index contributed by atoms with van der Waals surface area (Å²) in [4.78, 5) is 6.80. The van der Waals surface area contributed by atoms with Gasteiger partial charge < -0.3 is 10.0 Å². The zero-order valence-electron chi connectivity index (χ0n) is 12.6. The van der Waals surface area contributed by atoms with Crippen molar-refractivity contribution in [2.45, 2.75) is 59.0 Å². The molecule has 0 fully saturated rings. The third-order valence-electron chi connectivity index (χ3n) is 3.43. The lowest BCUT2D eigenvalue weighted by atomic mass is 10.1. The van der Waals surface area contributed by atoms with Gasteiger partial charge in [-0.15, -0.1) is 0 Å². The Morgan fingerprint density at radius 2 is 1.74 bits per heavy atom. The molecule has 0 bridgehead atoms. The van der Waals surface area contributed by atoms with E-state index in [4.69, 9.17) is 0 Å². The minimum atomic E-state index is -0.436. The summed E-state index contributed by atoms with van der Waals surface area (Å²) in [5.41, 5.74) is 1.95. The van der Waals surface area contributed by atoms with Crippen molar-refractivity contribution in [3.8, 4) is 0 Å². The van der Waals surface area contributed by atoms with E-state index in [1.807, 2.05) is 19.2 Å².